The number of aromatic nitrogens is 4. The summed E-state index contributed by atoms with van der Waals surface area (Å²) in [5.41, 5.74) is 2.44. The second-order valence-electron chi connectivity index (χ2n) is 7.90. The second-order valence-corrected chi connectivity index (χ2v) is 7.90. The lowest BCUT2D eigenvalue weighted by Gasteiger charge is -2.13. The second kappa shape index (κ2) is 8.22. The smallest absolute Gasteiger partial charge is 0.361 e. The van der Waals surface area contributed by atoms with Crippen LogP contribution in [0.1, 0.15) is 77.3 Å². The molecule has 1 N–H and O–H groups in total. The first-order valence-corrected chi connectivity index (χ1v) is 10.2. The first-order chi connectivity index (χ1) is 14.5. The molecule has 2 aromatic heterocycles. The SMILES string of the molecule is CCOC(=O)c1noc(C2CC2)c1C(=O)c1ccc(-c2ncn[nH]2)cc1CC(C)C. The molecule has 0 aliphatic heterocycles. The van der Waals surface area contributed by atoms with E-state index in [1.807, 2.05) is 12.1 Å². The molecule has 1 fully saturated rings. The van der Waals surface area contributed by atoms with E-state index in [4.69, 9.17) is 9.26 Å². The molecule has 0 unspecified atom stereocenters. The Balaban J connectivity index is 1.79. The molecule has 1 saturated carbocycles. The van der Waals surface area contributed by atoms with Gasteiger partial charge in [-0.3, -0.25) is 9.89 Å². The Kier molecular flexibility index (Phi) is 5.48. The summed E-state index contributed by atoms with van der Waals surface area (Å²) in [5.74, 6) is 0.673. The number of nitrogens with zero attached hydrogens (tertiary/aromatic N) is 3. The number of carbonyl (C=O) groups excluding carboxylic acids is 2. The Hall–Kier alpha value is -3.29. The van der Waals surface area contributed by atoms with Gasteiger partial charge in [-0.1, -0.05) is 31.1 Å². The molecule has 4 rings (SSSR count). The fourth-order valence-corrected chi connectivity index (χ4v) is 3.54. The number of ketones is 1. The Morgan fingerprint density at radius 2 is 2.10 bits per heavy atom. The van der Waals surface area contributed by atoms with Gasteiger partial charge >= 0.3 is 5.97 Å². The third-order valence-electron chi connectivity index (χ3n) is 5.03. The highest BCUT2D eigenvalue weighted by Gasteiger charge is 2.38. The van der Waals surface area contributed by atoms with Crippen molar-refractivity contribution in [2.75, 3.05) is 6.61 Å². The van der Waals surface area contributed by atoms with Crippen molar-refractivity contribution in [2.24, 2.45) is 5.92 Å². The summed E-state index contributed by atoms with van der Waals surface area (Å²) in [6.45, 7) is 6.09. The van der Waals surface area contributed by atoms with Crippen LogP contribution in [0.2, 0.25) is 0 Å². The molecular formula is C22H24N4O4. The molecule has 156 valence electrons. The number of nitrogens with one attached hydrogen (secondary N) is 1. The molecule has 30 heavy (non-hydrogen) atoms. The quantitative estimate of drug-likeness (QED) is 0.444. The van der Waals surface area contributed by atoms with E-state index < -0.39 is 5.97 Å². The Morgan fingerprint density at radius 1 is 1.30 bits per heavy atom. The van der Waals surface area contributed by atoms with E-state index in [0.717, 1.165) is 24.0 Å². The fraction of sp³-hybridized carbons (Fsp3) is 0.409. The van der Waals surface area contributed by atoms with Gasteiger partial charge in [0, 0.05) is 17.0 Å². The number of benzene rings is 1. The topological polar surface area (TPSA) is 111 Å². The summed E-state index contributed by atoms with van der Waals surface area (Å²) in [4.78, 5) is 30.3. The Bertz CT molecular complexity index is 1070. The zero-order valence-electron chi connectivity index (χ0n) is 17.3. The van der Waals surface area contributed by atoms with Gasteiger partial charge in [0.25, 0.3) is 0 Å². The van der Waals surface area contributed by atoms with Crippen molar-refractivity contribution in [1.82, 2.24) is 20.3 Å². The molecule has 2 heterocycles. The molecular weight excluding hydrogens is 384 g/mol. The molecule has 8 nitrogen and oxygen atoms in total. The highest BCUT2D eigenvalue weighted by Crippen LogP contribution is 2.43. The van der Waals surface area contributed by atoms with Crippen LogP contribution in [0.5, 0.6) is 0 Å². The predicted octanol–water partition coefficient (Wildman–Crippen LogP) is 3.94. The number of carbonyl (C=O) groups is 2. The Morgan fingerprint density at radius 3 is 2.73 bits per heavy atom. The summed E-state index contributed by atoms with van der Waals surface area (Å²) < 4.78 is 10.5. The summed E-state index contributed by atoms with van der Waals surface area (Å²) >= 11 is 0. The van der Waals surface area contributed by atoms with Gasteiger partial charge in [0.05, 0.1) is 6.61 Å². The van der Waals surface area contributed by atoms with Crippen LogP contribution in [-0.4, -0.2) is 38.7 Å². The maximum Gasteiger partial charge on any atom is 0.361 e. The lowest BCUT2D eigenvalue weighted by Crippen LogP contribution is -2.15. The maximum atomic E-state index is 13.6. The Labute approximate surface area is 174 Å². The van der Waals surface area contributed by atoms with Crippen LogP contribution < -0.4 is 0 Å². The molecule has 0 spiro atoms. The molecule has 0 radical (unpaired) electrons. The number of ether oxygens (including phenoxy) is 1. The van der Waals surface area contributed by atoms with Crippen molar-refractivity contribution in [3.8, 4) is 11.4 Å². The third-order valence-corrected chi connectivity index (χ3v) is 5.03. The van der Waals surface area contributed by atoms with Crippen LogP contribution in [0.4, 0.5) is 0 Å². The van der Waals surface area contributed by atoms with Crippen molar-refractivity contribution in [3.05, 3.63) is 52.7 Å². The normalized spacial score (nSPS) is 13.6. The standard InChI is InChI=1S/C22H24N4O4/c1-4-29-22(28)18-17(20(30-26-18)13-5-6-13)19(27)16-8-7-14(21-23-11-24-25-21)10-15(16)9-12(2)3/h7-8,10-13H,4-6,9H2,1-3H3,(H,23,24,25). The van der Waals surface area contributed by atoms with E-state index in [0.29, 0.717) is 29.5 Å². The van der Waals surface area contributed by atoms with Crippen molar-refractivity contribution >= 4 is 11.8 Å². The van der Waals surface area contributed by atoms with Crippen LogP contribution in [-0.2, 0) is 11.2 Å². The minimum Gasteiger partial charge on any atom is -0.461 e. The van der Waals surface area contributed by atoms with Gasteiger partial charge in [0.1, 0.15) is 11.9 Å². The third kappa shape index (κ3) is 3.90. The van der Waals surface area contributed by atoms with Crippen LogP contribution in [0.3, 0.4) is 0 Å². The zero-order chi connectivity index (χ0) is 21.3. The molecule has 8 heteroatoms. The van der Waals surface area contributed by atoms with Crippen LogP contribution in [0.25, 0.3) is 11.4 Å². The van der Waals surface area contributed by atoms with E-state index in [1.165, 1.54) is 6.33 Å². The summed E-state index contributed by atoms with van der Waals surface area (Å²) in [7, 11) is 0. The van der Waals surface area contributed by atoms with Crippen LogP contribution in [0.15, 0.2) is 29.0 Å². The number of esters is 1. The van der Waals surface area contributed by atoms with Gasteiger partial charge in [0.15, 0.2) is 17.4 Å². The first-order valence-electron chi connectivity index (χ1n) is 10.2. The van der Waals surface area contributed by atoms with Crippen molar-refractivity contribution in [2.45, 2.75) is 46.0 Å². The molecule has 0 amide bonds. The fourth-order valence-electron chi connectivity index (χ4n) is 3.54. The van der Waals surface area contributed by atoms with E-state index in [-0.39, 0.29) is 29.6 Å². The number of H-pyrrole nitrogens is 1. The molecule has 0 atom stereocenters. The lowest BCUT2D eigenvalue weighted by molar-refractivity contribution is 0.0512. The number of rotatable bonds is 8. The lowest BCUT2D eigenvalue weighted by atomic mass is 9.90. The number of hydrogen-bond acceptors (Lipinski definition) is 7. The van der Waals surface area contributed by atoms with Gasteiger partial charge < -0.3 is 9.26 Å². The van der Waals surface area contributed by atoms with E-state index in [2.05, 4.69) is 34.2 Å². The maximum absolute atomic E-state index is 13.6. The summed E-state index contributed by atoms with van der Waals surface area (Å²) in [5, 5.41) is 10.6. The van der Waals surface area contributed by atoms with Crippen molar-refractivity contribution in [3.63, 3.8) is 0 Å². The average molecular weight is 408 g/mol. The minimum atomic E-state index is -0.639. The molecule has 1 aliphatic rings. The highest BCUT2D eigenvalue weighted by atomic mass is 16.5. The van der Waals surface area contributed by atoms with Gasteiger partial charge in [0.2, 0.25) is 5.69 Å². The van der Waals surface area contributed by atoms with Crippen LogP contribution >= 0.6 is 0 Å². The van der Waals surface area contributed by atoms with Crippen LogP contribution in [0, 0.1) is 5.92 Å². The molecule has 0 saturated heterocycles. The van der Waals surface area contributed by atoms with Crippen molar-refractivity contribution < 1.29 is 18.8 Å². The average Bonchev–Trinajstić information content (AvgIpc) is 3.24. The van der Waals surface area contributed by atoms with Gasteiger partial charge in [-0.25, -0.2) is 9.78 Å². The monoisotopic (exact) mass is 408 g/mol. The zero-order valence-corrected chi connectivity index (χ0v) is 17.3. The van der Waals surface area contributed by atoms with Gasteiger partial charge in [-0.15, -0.1) is 0 Å². The predicted molar refractivity (Wildman–Crippen MR) is 108 cm³/mol. The summed E-state index contributed by atoms with van der Waals surface area (Å²) in [6.07, 6.45) is 3.98. The van der Waals surface area contributed by atoms with Gasteiger partial charge in [-0.05, 0) is 43.7 Å². The van der Waals surface area contributed by atoms with E-state index >= 15 is 0 Å². The molecule has 1 aliphatic carbocycles. The summed E-state index contributed by atoms with van der Waals surface area (Å²) in [6, 6.07) is 5.55. The van der Waals surface area contributed by atoms with E-state index in [9.17, 15) is 9.59 Å². The largest absolute Gasteiger partial charge is 0.461 e. The molecule has 3 aromatic rings. The van der Waals surface area contributed by atoms with Crippen molar-refractivity contribution in [1.29, 1.82) is 0 Å². The number of aromatic amines is 1. The van der Waals surface area contributed by atoms with Gasteiger partial charge in [-0.2, -0.15) is 5.10 Å². The highest BCUT2D eigenvalue weighted by molar-refractivity contribution is 6.15. The minimum absolute atomic E-state index is 0.0430. The number of hydrogen-bond donors (Lipinski definition) is 1. The molecule has 0 bridgehead atoms. The van der Waals surface area contributed by atoms with E-state index in [1.54, 1.807) is 13.0 Å². The molecule has 1 aromatic carbocycles. The first kappa shape index (κ1) is 20.0.